The molecule has 0 radical (unpaired) electrons. The first-order valence-electron chi connectivity index (χ1n) is 5.77. The molecule has 0 saturated heterocycles. The van der Waals surface area contributed by atoms with E-state index in [9.17, 15) is 8.42 Å². The molecule has 18 heavy (non-hydrogen) atoms. The minimum absolute atomic E-state index is 0.0488. The maximum Gasteiger partial charge on any atom is 0.272 e. The van der Waals surface area contributed by atoms with Crippen LogP contribution in [-0.4, -0.2) is 47.2 Å². The quantitative estimate of drug-likeness (QED) is 0.793. The van der Waals surface area contributed by atoms with E-state index in [2.05, 4.69) is 10.2 Å². The lowest BCUT2D eigenvalue weighted by Gasteiger charge is -2.25. The van der Waals surface area contributed by atoms with Crippen molar-refractivity contribution in [3.05, 3.63) is 0 Å². The van der Waals surface area contributed by atoms with Crippen LogP contribution in [0.25, 0.3) is 0 Å². The SMILES string of the molecule is Nc1nnc(S(=O)(=O)N(CCO)C2CCCC2)s1. The molecule has 0 unspecified atom stereocenters. The summed E-state index contributed by atoms with van der Waals surface area (Å²) in [5.41, 5.74) is 5.42. The molecular weight excluding hydrogens is 276 g/mol. The molecule has 102 valence electrons. The molecule has 1 saturated carbocycles. The highest BCUT2D eigenvalue weighted by molar-refractivity contribution is 7.91. The topological polar surface area (TPSA) is 109 Å². The Balaban J connectivity index is 2.28. The number of anilines is 1. The highest BCUT2D eigenvalue weighted by Gasteiger charge is 2.35. The van der Waals surface area contributed by atoms with Gasteiger partial charge in [-0.2, -0.15) is 4.31 Å². The second-order valence-corrected chi connectivity index (χ2v) is 7.26. The van der Waals surface area contributed by atoms with Crippen molar-refractivity contribution in [1.29, 1.82) is 0 Å². The number of aliphatic hydroxyl groups is 1. The van der Waals surface area contributed by atoms with Crippen LogP contribution in [0.4, 0.5) is 5.13 Å². The Kier molecular flexibility index (Phi) is 4.15. The standard InChI is InChI=1S/C9H16N4O3S2/c10-8-11-12-9(17-8)18(15,16)13(5-6-14)7-3-1-2-4-7/h7,14H,1-6H2,(H2,10,11). The number of rotatable bonds is 5. The second-order valence-electron chi connectivity index (χ2n) is 4.18. The molecule has 2 rings (SSSR count). The Labute approximate surface area is 110 Å². The number of nitrogen functional groups attached to an aromatic ring is 1. The van der Waals surface area contributed by atoms with Crippen molar-refractivity contribution in [2.45, 2.75) is 36.1 Å². The fourth-order valence-corrected chi connectivity index (χ4v) is 4.79. The third kappa shape index (κ3) is 2.63. The van der Waals surface area contributed by atoms with Crippen molar-refractivity contribution in [3.63, 3.8) is 0 Å². The van der Waals surface area contributed by atoms with Crippen molar-refractivity contribution >= 4 is 26.5 Å². The molecule has 1 heterocycles. The maximum absolute atomic E-state index is 12.4. The number of aliphatic hydroxyl groups excluding tert-OH is 1. The Morgan fingerprint density at radius 1 is 1.39 bits per heavy atom. The fraction of sp³-hybridized carbons (Fsp3) is 0.778. The van der Waals surface area contributed by atoms with Crippen LogP contribution in [0.1, 0.15) is 25.7 Å². The molecule has 0 atom stereocenters. The van der Waals surface area contributed by atoms with Crippen molar-refractivity contribution in [2.24, 2.45) is 0 Å². The number of nitrogens with zero attached hydrogens (tertiary/aromatic N) is 3. The predicted octanol–water partition coefficient (Wildman–Crippen LogP) is 0.0459. The van der Waals surface area contributed by atoms with Crippen molar-refractivity contribution in [1.82, 2.24) is 14.5 Å². The summed E-state index contributed by atoms with van der Waals surface area (Å²) < 4.78 is 26.0. The van der Waals surface area contributed by atoms with Crippen molar-refractivity contribution in [3.8, 4) is 0 Å². The summed E-state index contributed by atoms with van der Waals surface area (Å²) in [6.07, 6.45) is 3.68. The molecule has 1 aromatic heterocycles. The molecule has 0 aromatic carbocycles. The summed E-state index contributed by atoms with van der Waals surface area (Å²) in [5.74, 6) is 0. The van der Waals surface area contributed by atoms with Gasteiger partial charge in [0.05, 0.1) is 6.61 Å². The van der Waals surface area contributed by atoms with E-state index in [1.807, 2.05) is 0 Å². The number of sulfonamides is 1. The molecule has 0 bridgehead atoms. The lowest BCUT2D eigenvalue weighted by atomic mass is 10.2. The molecular formula is C9H16N4O3S2. The van der Waals surface area contributed by atoms with Crippen LogP contribution in [0, 0.1) is 0 Å². The molecule has 1 aliphatic carbocycles. The smallest absolute Gasteiger partial charge is 0.272 e. The number of aromatic nitrogens is 2. The highest BCUT2D eigenvalue weighted by atomic mass is 32.2. The summed E-state index contributed by atoms with van der Waals surface area (Å²) in [6, 6.07) is -0.0488. The van der Waals surface area contributed by atoms with Gasteiger partial charge in [0, 0.05) is 12.6 Å². The molecule has 7 nitrogen and oxygen atoms in total. The van der Waals surface area contributed by atoms with E-state index in [4.69, 9.17) is 10.8 Å². The zero-order chi connectivity index (χ0) is 13.2. The zero-order valence-corrected chi connectivity index (χ0v) is 11.5. The van der Waals surface area contributed by atoms with Gasteiger partial charge in [0.25, 0.3) is 10.0 Å². The molecule has 9 heteroatoms. The van der Waals surface area contributed by atoms with Crippen LogP contribution in [0.15, 0.2) is 4.34 Å². The normalized spacial score (nSPS) is 17.7. The van der Waals surface area contributed by atoms with Gasteiger partial charge in [0.1, 0.15) is 0 Å². The molecule has 0 spiro atoms. The van der Waals surface area contributed by atoms with Gasteiger partial charge in [-0.1, -0.05) is 24.2 Å². The van der Waals surface area contributed by atoms with E-state index in [1.165, 1.54) is 4.31 Å². The molecule has 1 aromatic rings. The number of hydrogen-bond acceptors (Lipinski definition) is 7. The summed E-state index contributed by atoms with van der Waals surface area (Å²) in [5, 5.41) is 16.3. The van der Waals surface area contributed by atoms with Gasteiger partial charge < -0.3 is 10.8 Å². The van der Waals surface area contributed by atoms with E-state index in [-0.39, 0.29) is 28.7 Å². The Hall–Kier alpha value is -0.770. The molecule has 1 fully saturated rings. The summed E-state index contributed by atoms with van der Waals surface area (Å²) >= 11 is 0.852. The van der Waals surface area contributed by atoms with Crippen LogP contribution in [0.5, 0.6) is 0 Å². The van der Waals surface area contributed by atoms with E-state index in [0.717, 1.165) is 37.0 Å². The van der Waals surface area contributed by atoms with Gasteiger partial charge in [-0.05, 0) is 12.8 Å². The minimum Gasteiger partial charge on any atom is -0.395 e. The third-order valence-electron chi connectivity index (χ3n) is 3.00. The van der Waals surface area contributed by atoms with Crippen LogP contribution >= 0.6 is 11.3 Å². The van der Waals surface area contributed by atoms with E-state index in [1.54, 1.807) is 0 Å². The first-order valence-corrected chi connectivity index (χ1v) is 8.03. The van der Waals surface area contributed by atoms with Gasteiger partial charge in [-0.25, -0.2) is 8.42 Å². The van der Waals surface area contributed by atoms with Crippen LogP contribution in [0.3, 0.4) is 0 Å². The van der Waals surface area contributed by atoms with Gasteiger partial charge in [-0.15, -0.1) is 10.2 Å². The van der Waals surface area contributed by atoms with Gasteiger partial charge >= 0.3 is 0 Å². The Morgan fingerprint density at radius 3 is 2.56 bits per heavy atom. The van der Waals surface area contributed by atoms with E-state index < -0.39 is 10.0 Å². The maximum atomic E-state index is 12.4. The average Bonchev–Trinajstić information content (AvgIpc) is 2.96. The zero-order valence-electron chi connectivity index (χ0n) is 9.82. The van der Waals surface area contributed by atoms with Gasteiger partial charge in [0.15, 0.2) is 0 Å². The number of nitrogens with two attached hydrogens (primary N) is 1. The van der Waals surface area contributed by atoms with Crippen molar-refractivity contribution in [2.75, 3.05) is 18.9 Å². The lowest BCUT2D eigenvalue weighted by Crippen LogP contribution is -2.40. The lowest BCUT2D eigenvalue weighted by molar-refractivity contribution is 0.226. The molecule has 3 N–H and O–H groups in total. The van der Waals surface area contributed by atoms with Crippen LogP contribution < -0.4 is 5.73 Å². The molecule has 0 aliphatic heterocycles. The minimum atomic E-state index is -3.69. The van der Waals surface area contributed by atoms with Crippen LogP contribution in [0.2, 0.25) is 0 Å². The first-order chi connectivity index (χ1) is 8.55. The van der Waals surface area contributed by atoms with Gasteiger partial charge in [0.2, 0.25) is 9.47 Å². The number of hydrogen-bond donors (Lipinski definition) is 2. The summed E-state index contributed by atoms with van der Waals surface area (Å²) in [7, 11) is -3.69. The fourth-order valence-electron chi connectivity index (χ4n) is 2.21. The first kappa shape index (κ1) is 13.7. The highest BCUT2D eigenvalue weighted by Crippen LogP contribution is 2.29. The molecule has 0 amide bonds. The summed E-state index contributed by atoms with van der Waals surface area (Å²) in [4.78, 5) is 0. The van der Waals surface area contributed by atoms with Crippen LogP contribution in [-0.2, 0) is 10.0 Å². The Bertz CT molecular complexity index is 496. The van der Waals surface area contributed by atoms with E-state index in [0.29, 0.717) is 0 Å². The average molecular weight is 292 g/mol. The Morgan fingerprint density at radius 2 is 2.06 bits per heavy atom. The molecule has 1 aliphatic rings. The predicted molar refractivity (Wildman–Crippen MR) is 67.6 cm³/mol. The van der Waals surface area contributed by atoms with Gasteiger partial charge in [-0.3, -0.25) is 0 Å². The van der Waals surface area contributed by atoms with E-state index >= 15 is 0 Å². The van der Waals surface area contributed by atoms with Crippen molar-refractivity contribution < 1.29 is 13.5 Å². The monoisotopic (exact) mass is 292 g/mol. The largest absolute Gasteiger partial charge is 0.395 e. The third-order valence-corrected chi connectivity index (χ3v) is 6.05. The summed E-state index contributed by atoms with van der Waals surface area (Å²) in [6.45, 7) is -0.115. The second kappa shape index (κ2) is 5.47.